The van der Waals surface area contributed by atoms with Gasteiger partial charge in [-0.1, -0.05) is 24.3 Å². The molecule has 0 saturated heterocycles. The lowest BCUT2D eigenvalue weighted by molar-refractivity contribution is 0.475. The van der Waals surface area contributed by atoms with E-state index < -0.39 is 0 Å². The Hall–Kier alpha value is -3.60. The van der Waals surface area contributed by atoms with Crippen molar-refractivity contribution in [2.45, 2.75) is 0 Å². The monoisotopic (exact) mass is 330 g/mol. The van der Waals surface area contributed by atoms with Crippen LogP contribution in [-0.4, -0.2) is 25.3 Å². The van der Waals surface area contributed by atoms with Crippen LogP contribution in [-0.2, 0) is 0 Å². The van der Waals surface area contributed by atoms with E-state index in [0.717, 1.165) is 0 Å². The Balaban J connectivity index is 2.09. The lowest BCUT2D eigenvalue weighted by Gasteiger charge is -2.12. The Kier molecular flexibility index (Phi) is 3.47. The minimum absolute atomic E-state index is 0.0629. The van der Waals surface area contributed by atoms with Crippen molar-refractivity contribution in [1.29, 1.82) is 0 Å². The average molecular weight is 330 g/mol. The summed E-state index contributed by atoms with van der Waals surface area (Å²) < 4.78 is 0. The van der Waals surface area contributed by atoms with Crippen LogP contribution in [0.3, 0.4) is 0 Å². The molecule has 3 N–H and O–H groups in total. The number of nitrogens with zero attached hydrogens (tertiary/aromatic N) is 2. The van der Waals surface area contributed by atoms with Gasteiger partial charge in [0.1, 0.15) is 28.6 Å². The predicted octanol–water partition coefficient (Wildman–Crippen LogP) is 4.08. The van der Waals surface area contributed by atoms with Gasteiger partial charge in [0.2, 0.25) is 0 Å². The number of phenols is 3. The molecule has 0 unspecified atom stereocenters. The Morgan fingerprint density at radius 2 is 1.08 bits per heavy atom. The normalized spacial score (nSPS) is 10.9. The molecule has 0 aliphatic carbocycles. The molecule has 0 bridgehead atoms. The molecule has 0 fully saturated rings. The second-order valence-corrected chi connectivity index (χ2v) is 5.63. The second-order valence-electron chi connectivity index (χ2n) is 5.63. The maximum absolute atomic E-state index is 10.3. The predicted molar refractivity (Wildman–Crippen MR) is 95.4 cm³/mol. The van der Waals surface area contributed by atoms with Crippen LogP contribution in [0.25, 0.3) is 33.5 Å². The number of aromatic hydroxyl groups is 3. The highest BCUT2D eigenvalue weighted by atomic mass is 16.3. The molecule has 0 spiro atoms. The first kappa shape index (κ1) is 15.0. The molecular formula is C20H14N2O3. The zero-order valence-electron chi connectivity index (χ0n) is 13.1. The molecule has 0 radical (unpaired) electrons. The molecule has 0 saturated carbocycles. The summed E-state index contributed by atoms with van der Waals surface area (Å²) in [7, 11) is 0. The fourth-order valence-corrected chi connectivity index (χ4v) is 2.77. The summed E-state index contributed by atoms with van der Waals surface area (Å²) in [6, 6.07) is 18.4. The van der Waals surface area contributed by atoms with Gasteiger partial charge in [0.25, 0.3) is 0 Å². The Morgan fingerprint density at radius 1 is 0.560 bits per heavy atom. The molecule has 0 aliphatic rings. The van der Waals surface area contributed by atoms with E-state index in [2.05, 4.69) is 9.97 Å². The van der Waals surface area contributed by atoms with E-state index in [9.17, 15) is 15.3 Å². The van der Waals surface area contributed by atoms with Crippen molar-refractivity contribution in [2.75, 3.05) is 0 Å². The van der Waals surface area contributed by atoms with Gasteiger partial charge in [0.05, 0.1) is 11.0 Å². The average Bonchev–Trinajstić information content (AvgIpc) is 2.62. The van der Waals surface area contributed by atoms with Crippen LogP contribution in [0.15, 0.2) is 66.7 Å². The van der Waals surface area contributed by atoms with Crippen molar-refractivity contribution < 1.29 is 15.3 Å². The highest BCUT2D eigenvalue weighted by Gasteiger charge is 2.18. The van der Waals surface area contributed by atoms with Crippen LogP contribution < -0.4 is 0 Å². The molecular weight excluding hydrogens is 316 g/mol. The van der Waals surface area contributed by atoms with Crippen LogP contribution in [0.2, 0.25) is 0 Å². The largest absolute Gasteiger partial charge is 0.508 e. The molecule has 1 aromatic heterocycles. The number of benzene rings is 3. The van der Waals surface area contributed by atoms with E-state index in [1.54, 1.807) is 54.6 Å². The quantitative estimate of drug-likeness (QED) is 0.515. The molecule has 25 heavy (non-hydrogen) atoms. The van der Waals surface area contributed by atoms with Gasteiger partial charge in [0.15, 0.2) is 0 Å². The summed E-state index contributed by atoms with van der Waals surface area (Å²) in [6.45, 7) is 0. The number of phenolic OH excluding ortho intramolecular Hbond substituents is 3. The van der Waals surface area contributed by atoms with Crippen LogP contribution in [0, 0.1) is 0 Å². The van der Waals surface area contributed by atoms with Gasteiger partial charge in [-0.2, -0.15) is 0 Å². The SMILES string of the molecule is Oc1ccc2nc(-c3ccccc3O)c(-c3ccccc3O)nc2c1. The first-order chi connectivity index (χ1) is 12.1. The summed E-state index contributed by atoms with van der Waals surface area (Å²) in [5.74, 6) is 0.222. The van der Waals surface area contributed by atoms with Gasteiger partial charge in [-0.05, 0) is 36.4 Å². The van der Waals surface area contributed by atoms with Gasteiger partial charge in [-0.25, -0.2) is 9.97 Å². The van der Waals surface area contributed by atoms with E-state index in [4.69, 9.17) is 0 Å². The van der Waals surface area contributed by atoms with E-state index in [0.29, 0.717) is 33.5 Å². The van der Waals surface area contributed by atoms with Gasteiger partial charge in [0, 0.05) is 17.2 Å². The fourth-order valence-electron chi connectivity index (χ4n) is 2.77. The third-order valence-electron chi connectivity index (χ3n) is 3.97. The zero-order valence-corrected chi connectivity index (χ0v) is 13.1. The lowest BCUT2D eigenvalue weighted by Crippen LogP contribution is -1.96. The van der Waals surface area contributed by atoms with E-state index in [1.165, 1.54) is 12.1 Å². The standard InChI is InChI=1S/C20H14N2O3/c23-12-9-10-15-16(11-12)22-20(14-6-2-4-8-18(14)25)19(21-15)13-5-1-3-7-17(13)24/h1-11,23-25H. The zero-order chi connectivity index (χ0) is 17.4. The first-order valence-corrected chi connectivity index (χ1v) is 7.71. The Labute approximate surface area is 143 Å². The molecule has 0 amide bonds. The van der Waals surface area contributed by atoms with Crippen LogP contribution >= 0.6 is 0 Å². The number of rotatable bonds is 2. The smallest absolute Gasteiger partial charge is 0.125 e. The van der Waals surface area contributed by atoms with Crippen molar-refractivity contribution in [3.8, 4) is 39.8 Å². The van der Waals surface area contributed by atoms with Crippen LogP contribution in [0.5, 0.6) is 17.2 Å². The number of para-hydroxylation sites is 2. The molecule has 4 aromatic rings. The fraction of sp³-hybridized carbons (Fsp3) is 0. The Bertz CT molecular complexity index is 1090. The van der Waals surface area contributed by atoms with Crippen molar-refractivity contribution >= 4 is 11.0 Å². The maximum Gasteiger partial charge on any atom is 0.125 e. The number of hydrogen-bond acceptors (Lipinski definition) is 5. The van der Waals surface area contributed by atoms with Gasteiger partial charge in [-0.15, -0.1) is 0 Å². The van der Waals surface area contributed by atoms with Gasteiger partial charge in [-0.3, -0.25) is 0 Å². The van der Waals surface area contributed by atoms with Gasteiger partial charge >= 0.3 is 0 Å². The molecule has 0 aliphatic heterocycles. The third-order valence-corrected chi connectivity index (χ3v) is 3.97. The van der Waals surface area contributed by atoms with Crippen molar-refractivity contribution in [1.82, 2.24) is 9.97 Å². The number of fused-ring (bicyclic) bond motifs is 1. The third kappa shape index (κ3) is 2.61. The summed E-state index contributed by atoms with van der Waals surface area (Å²) in [5, 5.41) is 30.2. The summed E-state index contributed by atoms with van der Waals surface area (Å²) in [4.78, 5) is 9.21. The molecule has 122 valence electrons. The minimum Gasteiger partial charge on any atom is -0.508 e. The molecule has 0 atom stereocenters. The van der Waals surface area contributed by atoms with Crippen molar-refractivity contribution in [3.05, 3.63) is 66.7 Å². The Morgan fingerprint density at radius 3 is 1.64 bits per heavy atom. The first-order valence-electron chi connectivity index (χ1n) is 7.71. The van der Waals surface area contributed by atoms with Crippen LogP contribution in [0.1, 0.15) is 0 Å². The number of aromatic nitrogens is 2. The molecule has 5 nitrogen and oxygen atoms in total. The number of hydrogen-bond donors (Lipinski definition) is 3. The highest BCUT2D eigenvalue weighted by molar-refractivity contribution is 5.89. The molecule has 4 rings (SSSR count). The maximum atomic E-state index is 10.3. The van der Waals surface area contributed by atoms with E-state index >= 15 is 0 Å². The lowest BCUT2D eigenvalue weighted by atomic mass is 10.0. The second kappa shape index (κ2) is 5.79. The van der Waals surface area contributed by atoms with Crippen molar-refractivity contribution in [3.63, 3.8) is 0 Å². The molecule has 5 heteroatoms. The van der Waals surface area contributed by atoms with Gasteiger partial charge < -0.3 is 15.3 Å². The molecule has 1 heterocycles. The highest BCUT2D eigenvalue weighted by Crippen LogP contribution is 2.38. The van der Waals surface area contributed by atoms with E-state index in [1.807, 2.05) is 0 Å². The summed E-state index contributed by atoms with van der Waals surface area (Å²) in [5.41, 5.74) is 2.98. The summed E-state index contributed by atoms with van der Waals surface area (Å²) >= 11 is 0. The minimum atomic E-state index is 0.0629. The van der Waals surface area contributed by atoms with E-state index in [-0.39, 0.29) is 17.2 Å². The molecule has 3 aromatic carbocycles. The summed E-state index contributed by atoms with van der Waals surface area (Å²) in [6.07, 6.45) is 0. The topological polar surface area (TPSA) is 86.5 Å². The van der Waals surface area contributed by atoms with Crippen LogP contribution in [0.4, 0.5) is 0 Å². The van der Waals surface area contributed by atoms with Crippen molar-refractivity contribution in [2.24, 2.45) is 0 Å².